The number of hydrogen-bond acceptors (Lipinski definition) is 6. The standard InChI is InChI=1S/C19H22N2O6.C2H6/c1-19(2,18(23)20-12-13-22)27-17-7-5-4-6-16(17)26-15-10-8-14(9-11-15)21(24)25-3;1-2/h4-11,22H,12-13H2,1-3H3;1-2H3/p+1. The van der Waals surface area contributed by atoms with E-state index in [0.717, 1.165) is 0 Å². The Balaban J connectivity index is 0.00000204. The molecule has 2 N–H and O–H groups in total. The van der Waals surface area contributed by atoms with E-state index < -0.39 is 5.60 Å². The van der Waals surface area contributed by atoms with Gasteiger partial charge in [0.2, 0.25) is 0 Å². The fourth-order valence-electron chi connectivity index (χ4n) is 2.19. The monoisotopic (exact) mass is 405 g/mol. The summed E-state index contributed by atoms with van der Waals surface area (Å²) in [5.41, 5.74) is -0.837. The number of aliphatic hydroxyl groups excluding tert-OH is 1. The molecule has 0 aromatic heterocycles. The number of carbonyl (C=O) groups is 1. The molecule has 0 heterocycles. The summed E-state index contributed by atoms with van der Waals surface area (Å²) in [5, 5.41) is 11.4. The normalized spacial score (nSPS) is 10.3. The summed E-state index contributed by atoms with van der Waals surface area (Å²) in [4.78, 5) is 28.6. The predicted molar refractivity (Wildman–Crippen MR) is 109 cm³/mol. The van der Waals surface area contributed by atoms with Crippen LogP contribution in [0.15, 0.2) is 48.5 Å². The quantitative estimate of drug-likeness (QED) is 0.617. The maximum absolute atomic E-state index is 12.2. The number of amides is 1. The number of para-hydroxylation sites is 2. The molecule has 0 atom stereocenters. The lowest BCUT2D eigenvalue weighted by molar-refractivity contribution is -0.736. The Bertz CT molecular complexity index is 790. The molecule has 0 radical (unpaired) electrons. The molecule has 8 heteroatoms. The van der Waals surface area contributed by atoms with Gasteiger partial charge in [-0.3, -0.25) is 4.79 Å². The zero-order chi connectivity index (χ0) is 21.9. The highest BCUT2D eigenvalue weighted by Gasteiger charge is 2.30. The first-order valence-corrected chi connectivity index (χ1v) is 9.34. The van der Waals surface area contributed by atoms with Crippen molar-refractivity contribution in [3.05, 3.63) is 53.4 Å². The first-order chi connectivity index (χ1) is 13.9. The minimum atomic E-state index is -1.17. The molecule has 0 spiro atoms. The molecule has 0 saturated carbocycles. The van der Waals surface area contributed by atoms with E-state index in [1.165, 1.54) is 7.11 Å². The summed E-state index contributed by atoms with van der Waals surface area (Å²) in [5.74, 6) is 0.930. The van der Waals surface area contributed by atoms with Crippen molar-refractivity contribution < 1.29 is 29.1 Å². The van der Waals surface area contributed by atoms with Crippen molar-refractivity contribution in [1.29, 1.82) is 0 Å². The zero-order valence-electron chi connectivity index (χ0n) is 17.5. The number of nitrogens with zero attached hydrogens (tertiary/aromatic N) is 1. The Hall–Kier alpha value is -3.13. The number of rotatable bonds is 9. The van der Waals surface area contributed by atoms with Gasteiger partial charge in [0.1, 0.15) is 5.75 Å². The van der Waals surface area contributed by atoms with Crippen LogP contribution in [0.1, 0.15) is 27.7 Å². The minimum absolute atomic E-state index is 0.147. The molecule has 0 saturated heterocycles. The van der Waals surface area contributed by atoms with Crippen molar-refractivity contribution in [3.8, 4) is 17.2 Å². The highest BCUT2D eigenvalue weighted by atomic mass is 16.8. The zero-order valence-corrected chi connectivity index (χ0v) is 17.5. The van der Waals surface area contributed by atoms with Crippen LogP contribution < -0.4 is 14.8 Å². The molecule has 0 aliphatic rings. The SMILES string of the molecule is CC.CO[N+](=O)c1ccc(Oc2ccccc2OC(C)(C)C(=O)NCCO)cc1. The van der Waals surface area contributed by atoms with Crippen LogP contribution in [0.5, 0.6) is 17.2 Å². The summed E-state index contributed by atoms with van der Waals surface area (Å²) >= 11 is 0. The van der Waals surface area contributed by atoms with Crippen molar-refractivity contribution in [2.75, 3.05) is 20.3 Å². The molecule has 0 bridgehead atoms. The van der Waals surface area contributed by atoms with E-state index in [0.29, 0.717) is 27.9 Å². The van der Waals surface area contributed by atoms with Gasteiger partial charge < -0.3 is 19.9 Å². The van der Waals surface area contributed by atoms with Gasteiger partial charge in [0.15, 0.2) is 24.2 Å². The number of benzene rings is 2. The molecule has 158 valence electrons. The second kappa shape index (κ2) is 11.7. The second-order valence-electron chi connectivity index (χ2n) is 6.07. The van der Waals surface area contributed by atoms with Crippen LogP contribution in [0.2, 0.25) is 0 Å². The fourth-order valence-corrected chi connectivity index (χ4v) is 2.19. The Morgan fingerprint density at radius 3 is 2.21 bits per heavy atom. The van der Waals surface area contributed by atoms with Crippen molar-refractivity contribution in [3.63, 3.8) is 0 Å². The maximum atomic E-state index is 12.2. The summed E-state index contributed by atoms with van der Waals surface area (Å²) in [6, 6.07) is 13.3. The molecule has 0 aliphatic carbocycles. The van der Waals surface area contributed by atoms with Gasteiger partial charge in [-0.15, -0.1) is 0 Å². The first-order valence-electron chi connectivity index (χ1n) is 9.34. The predicted octanol–water partition coefficient (Wildman–Crippen LogP) is 3.74. The summed E-state index contributed by atoms with van der Waals surface area (Å²) in [6.45, 7) is 7.24. The van der Waals surface area contributed by atoms with Crippen LogP contribution in [0.25, 0.3) is 0 Å². The molecular weight excluding hydrogens is 376 g/mol. The highest BCUT2D eigenvalue weighted by Crippen LogP contribution is 2.34. The van der Waals surface area contributed by atoms with Gasteiger partial charge in [-0.2, -0.15) is 0 Å². The van der Waals surface area contributed by atoms with Crippen molar-refractivity contribution in [2.45, 2.75) is 33.3 Å². The molecule has 2 rings (SSSR count). The Kier molecular flexibility index (Phi) is 9.61. The third kappa shape index (κ3) is 7.08. The smallest absolute Gasteiger partial charge is 0.317 e. The number of hydrogen-bond donors (Lipinski definition) is 2. The number of ether oxygens (including phenoxy) is 2. The van der Waals surface area contributed by atoms with Gasteiger partial charge in [0.05, 0.1) is 11.5 Å². The Morgan fingerprint density at radius 1 is 1.07 bits per heavy atom. The van der Waals surface area contributed by atoms with Crippen LogP contribution >= 0.6 is 0 Å². The van der Waals surface area contributed by atoms with Crippen LogP contribution in [-0.2, 0) is 9.63 Å². The average Bonchev–Trinajstić information content (AvgIpc) is 2.74. The topological polar surface area (TPSA) is 97.1 Å². The molecule has 0 fully saturated rings. The van der Waals surface area contributed by atoms with Gasteiger partial charge in [-0.05, 0) is 38.1 Å². The summed E-state index contributed by atoms with van der Waals surface area (Å²) in [6.07, 6.45) is 0. The van der Waals surface area contributed by atoms with Crippen molar-refractivity contribution >= 4 is 11.6 Å². The molecule has 2 aromatic rings. The highest BCUT2D eigenvalue weighted by molar-refractivity contribution is 5.84. The molecule has 0 unspecified atom stereocenters. The van der Waals surface area contributed by atoms with E-state index >= 15 is 0 Å². The molecular formula is C21H29N2O6+. The van der Waals surface area contributed by atoms with Crippen molar-refractivity contribution in [2.24, 2.45) is 0 Å². The maximum Gasteiger partial charge on any atom is 0.317 e. The van der Waals surface area contributed by atoms with Gasteiger partial charge in [-0.25, -0.2) is 4.84 Å². The Labute approximate surface area is 170 Å². The lowest BCUT2D eigenvalue weighted by Crippen LogP contribution is -2.47. The van der Waals surface area contributed by atoms with Crippen LogP contribution in [0, 0.1) is 4.91 Å². The van der Waals surface area contributed by atoms with Crippen molar-refractivity contribution in [1.82, 2.24) is 5.32 Å². The van der Waals surface area contributed by atoms with Gasteiger partial charge in [0, 0.05) is 18.7 Å². The van der Waals surface area contributed by atoms with E-state index in [4.69, 9.17) is 14.6 Å². The largest absolute Gasteiger partial charge is 0.474 e. The second-order valence-corrected chi connectivity index (χ2v) is 6.07. The first kappa shape index (κ1) is 23.9. The molecule has 2 aromatic carbocycles. The number of aliphatic hydroxyl groups is 1. The molecule has 29 heavy (non-hydrogen) atoms. The number of carbonyl (C=O) groups excluding carboxylic acids is 1. The summed E-state index contributed by atoms with van der Waals surface area (Å²) < 4.78 is 11.7. The van der Waals surface area contributed by atoms with Gasteiger partial charge in [0.25, 0.3) is 10.8 Å². The Morgan fingerprint density at radius 2 is 1.66 bits per heavy atom. The van der Waals surface area contributed by atoms with E-state index in [2.05, 4.69) is 10.2 Å². The third-order valence-electron chi connectivity index (χ3n) is 3.60. The van der Waals surface area contributed by atoms with E-state index in [9.17, 15) is 9.70 Å². The summed E-state index contributed by atoms with van der Waals surface area (Å²) in [7, 11) is 1.28. The van der Waals surface area contributed by atoms with E-state index in [1.54, 1.807) is 62.4 Å². The van der Waals surface area contributed by atoms with Gasteiger partial charge in [-0.1, -0.05) is 26.0 Å². The van der Waals surface area contributed by atoms with Crippen LogP contribution in [0.3, 0.4) is 0 Å². The molecule has 8 nitrogen and oxygen atoms in total. The fraction of sp³-hybridized carbons (Fsp3) is 0.381. The minimum Gasteiger partial charge on any atom is -0.474 e. The number of nitrogens with one attached hydrogen (secondary N) is 1. The third-order valence-corrected chi connectivity index (χ3v) is 3.60. The van der Waals surface area contributed by atoms with Gasteiger partial charge >= 0.3 is 5.69 Å². The molecule has 0 aliphatic heterocycles. The lowest BCUT2D eigenvalue weighted by Gasteiger charge is -2.26. The lowest BCUT2D eigenvalue weighted by atomic mass is 10.1. The van der Waals surface area contributed by atoms with E-state index in [-0.39, 0.29) is 19.1 Å². The van der Waals surface area contributed by atoms with E-state index in [1.807, 2.05) is 13.8 Å². The average molecular weight is 405 g/mol. The van der Waals surface area contributed by atoms with Crippen LogP contribution in [0.4, 0.5) is 5.69 Å². The van der Waals surface area contributed by atoms with Crippen LogP contribution in [-0.4, -0.2) is 41.8 Å². The molecule has 1 amide bonds.